The number of aliphatic imine (C=N–C) groups is 2. The van der Waals surface area contributed by atoms with Crippen LogP contribution < -0.4 is 21.1 Å². The van der Waals surface area contributed by atoms with Crippen molar-refractivity contribution in [1.82, 2.24) is 0 Å². The predicted molar refractivity (Wildman–Crippen MR) is 115 cm³/mol. The number of hydrogen-bond acceptors (Lipinski definition) is 8. The van der Waals surface area contributed by atoms with Gasteiger partial charge in [-0.15, -0.1) is 0 Å². The highest BCUT2D eigenvalue weighted by Crippen LogP contribution is 2.43. The largest absolute Gasteiger partial charge is 0.489 e. The van der Waals surface area contributed by atoms with E-state index < -0.39 is 10.6 Å². The molecule has 2 aliphatic rings. The number of rotatable bonds is 5. The third kappa shape index (κ3) is 3.78. The molecular weight excluding hydrogens is 384 g/mol. The average Bonchev–Trinajstić information content (AvgIpc) is 2.73. The van der Waals surface area contributed by atoms with Gasteiger partial charge in [0.25, 0.3) is 5.69 Å². The van der Waals surface area contributed by atoms with Crippen molar-refractivity contribution in [3.05, 3.63) is 64.2 Å². The van der Waals surface area contributed by atoms with E-state index in [2.05, 4.69) is 9.98 Å². The van der Waals surface area contributed by atoms with Gasteiger partial charge in [-0.05, 0) is 43.4 Å². The van der Waals surface area contributed by atoms with Crippen molar-refractivity contribution in [2.45, 2.75) is 44.4 Å². The van der Waals surface area contributed by atoms with Gasteiger partial charge < -0.3 is 16.2 Å². The fourth-order valence-electron chi connectivity index (χ4n) is 4.14. The lowest BCUT2D eigenvalue weighted by molar-refractivity contribution is -0.384. The van der Waals surface area contributed by atoms with Crippen LogP contribution in [0.1, 0.15) is 37.7 Å². The Morgan fingerprint density at radius 2 is 1.83 bits per heavy atom. The molecule has 0 unspecified atom stereocenters. The topological polar surface area (TPSA) is 132 Å². The second-order valence-corrected chi connectivity index (χ2v) is 7.50. The smallest absolute Gasteiger partial charge is 0.296 e. The van der Waals surface area contributed by atoms with Crippen LogP contribution in [-0.4, -0.2) is 22.5 Å². The van der Waals surface area contributed by atoms with E-state index in [9.17, 15) is 10.1 Å². The van der Waals surface area contributed by atoms with Crippen molar-refractivity contribution < 1.29 is 9.66 Å². The molecule has 4 rings (SSSR count). The molecule has 0 radical (unpaired) electrons. The molecule has 2 aromatic rings. The monoisotopic (exact) mass is 408 g/mol. The molecule has 156 valence electrons. The van der Waals surface area contributed by atoms with Crippen LogP contribution in [0.3, 0.4) is 0 Å². The highest BCUT2D eigenvalue weighted by atomic mass is 16.6. The number of benzene rings is 2. The fourth-order valence-corrected chi connectivity index (χ4v) is 4.14. The molecule has 30 heavy (non-hydrogen) atoms. The first-order chi connectivity index (χ1) is 14.5. The molecule has 9 heteroatoms. The van der Waals surface area contributed by atoms with Crippen LogP contribution in [0.25, 0.3) is 0 Å². The summed E-state index contributed by atoms with van der Waals surface area (Å²) in [5, 5.41) is 11.9. The molecule has 1 spiro atoms. The summed E-state index contributed by atoms with van der Waals surface area (Å²) in [4.78, 5) is 21.8. The Hall–Kier alpha value is -3.62. The first-order valence-corrected chi connectivity index (χ1v) is 9.93. The summed E-state index contributed by atoms with van der Waals surface area (Å²) in [7, 11) is 0. The molecule has 2 aromatic carbocycles. The van der Waals surface area contributed by atoms with Crippen LogP contribution in [0.2, 0.25) is 0 Å². The van der Waals surface area contributed by atoms with Crippen LogP contribution >= 0.6 is 0 Å². The molecule has 9 nitrogen and oxygen atoms in total. The summed E-state index contributed by atoms with van der Waals surface area (Å²) in [5.41, 5.74) is 12.6. The first-order valence-electron chi connectivity index (χ1n) is 9.93. The average molecular weight is 408 g/mol. The molecule has 0 bridgehead atoms. The van der Waals surface area contributed by atoms with Crippen molar-refractivity contribution >= 4 is 23.3 Å². The van der Waals surface area contributed by atoms with Crippen LogP contribution in [0.5, 0.6) is 5.75 Å². The molecule has 1 saturated carbocycles. The van der Waals surface area contributed by atoms with Gasteiger partial charge in [0.2, 0.25) is 11.9 Å². The number of nitrogens with zero attached hydrogens (tertiary/aromatic N) is 4. The van der Waals surface area contributed by atoms with Crippen molar-refractivity contribution in [2.24, 2.45) is 21.5 Å². The maximum atomic E-state index is 11.9. The normalized spacial score (nSPS) is 17.9. The SMILES string of the molecule is NC1=NC2(CCCCC2)N(c2ccc(OCc3ccccc3)cc2[N+](=O)[O-])C(N)=N1. The molecule has 0 atom stereocenters. The number of nitro benzene ring substituents is 1. The zero-order valence-electron chi connectivity index (χ0n) is 16.5. The maximum absolute atomic E-state index is 11.9. The number of ether oxygens (including phenoxy) is 1. The minimum atomic E-state index is -0.745. The Morgan fingerprint density at radius 1 is 1.10 bits per heavy atom. The van der Waals surface area contributed by atoms with Gasteiger partial charge in [-0.3, -0.25) is 15.0 Å². The van der Waals surface area contributed by atoms with Gasteiger partial charge in [0.15, 0.2) is 0 Å². The second-order valence-electron chi connectivity index (χ2n) is 7.50. The number of hydrogen-bond donors (Lipinski definition) is 2. The lowest BCUT2D eigenvalue weighted by Crippen LogP contribution is -2.58. The zero-order valence-corrected chi connectivity index (χ0v) is 16.5. The van der Waals surface area contributed by atoms with Crippen molar-refractivity contribution in [2.75, 3.05) is 4.90 Å². The molecule has 1 heterocycles. The molecule has 1 aliphatic heterocycles. The minimum Gasteiger partial charge on any atom is -0.489 e. The predicted octanol–water partition coefficient (Wildman–Crippen LogP) is 3.28. The zero-order chi connectivity index (χ0) is 21.1. The Morgan fingerprint density at radius 3 is 2.53 bits per heavy atom. The molecule has 0 saturated heterocycles. The minimum absolute atomic E-state index is 0.108. The van der Waals surface area contributed by atoms with Crippen molar-refractivity contribution in [1.29, 1.82) is 0 Å². The van der Waals surface area contributed by atoms with Crippen molar-refractivity contribution in [3.63, 3.8) is 0 Å². The van der Waals surface area contributed by atoms with E-state index in [0.29, 0.717) is 30.9 Å². The highest BCUT2D eigenvalue weighted by molar-refractivity contribution is 6.06. The van der Waals surface area contributed by atoms with E-state index in [0.717, 1.165) is 24.8 Å². The summed E-state index contributed by atoms with van der Waals surface area (Å²) in [6.45, 7) is 0.315. The third-order valence-electron chi connectivity index (χ3n) is 5.48. The second kappa shape index (κ2) is 8.02. The number of guanidine groups is 2. The maximum Gasteiger partial charge on any atom is 0.296 e. The van der Waals surface area contributed by atoms with Crippen molar-refractivity contribution in [3.8, 4) is 5.75 Å². The van der Waals surface area contributed by atoms with Gasteiger partial charge in [-0.25, -0.2) is 4.99 Å². The molecule has 1 fully saturated rings. The lowest BCUT2D eigenvalue weighted by atomic mass is 9.87. The van der Waals surface area contributed by atoms with E-state index in [1.165, 1.54) is 6.07 Å². The Bertz CT molecular complexity index is 999. The molecule has 1 aliphatic carbocycles. The molecule has 0 aromatic heterocycles. The lowest BCUT2D eigenvalue weighted by Gasteiger charge is -2.45. The molecular formula is C21H24N6O3. The van der Waals surface area contributed by atoms with Gasteiger partial charge >= 0.3 is 0 Å². The summed E-state index contributed by atoms with van der Waals surface area (Å²) >= 11 is 0. The standard InChI is InChI=1S/C21H24N6O3/c22-19-24-20(23)26(21(25-19)11-5-2-6-12-21)17-10-9-16(13-18(17)27(28)29)30-14-15-7-3-1-4-8-15/h1,3-4,7-10,13H,2,5-6,11-12,14H2,(H4,22,23,24,25). The van der Waals surface area contributed by atoms with Gasteiger partial charge in [-0.1, -0.05) is 36.8 Å². The van der Waals surface area contributed by atoms with Gasteiger partial charge in [0.05, 0.1) is 11.0 Å². The van der Waals surface area contributed by atoms with Crippen LogP contribution in [0, 0.1) is 10.1 Å². The van der Waals surface area contributed by atoms with E-state index in [1.807, 2.05) is 30.3 Å². The fraction of sp³-hybridized carbons (Fsp3) is 0.333. The molecule has 4 N–H and O–H groups in total. The van der Waals surface area contributed by atoms with E-state index in [-0.39, 0.29) is 17.6 Å². The summed E-state index contributed by atoms with van der Waals surface area (Å²) < 4.78 is 5.77. The third-order valence-corrected chi connectivity index (χ3v) is 5.48. The van der Waals surface area contributed by atoms with Crippen LogP contribution in [0.15, 0.2) is 58.5 Å². The van der Waals surface area contributed by atoms with E-state index in [1.54, 1.807) is 17.0 Å². The Labute approximate surface area is 174 Å². The van der Waals surface area contributed by atoms with E-state index in [4.69, 9.17) is 16.2 Å². The van der Waals surface area contributed by atoms with Crippen LogP contribution in [0.4, 0.5) is 11.4 Å². The van der Waals surface area contributed by atoms with E-state index >= 15 is 0 Å². The van der Waals surface area contributed by atoms with Gasteiger partial charge in [0, 0.05) is 0 Å². The number of nitrogens with two attached hydrogens (primary N) is 2. The summed E-state index contributed by atoms with van der Waals surface area (Å²) in [6.07, 6.45) is 4.36. The summed E-state index contributed by atoms with van der Waals surface area (Å²) in [6, 6.07) is 14.4. The quantitative estimate of drug-likeness (QED) is 0.576. The van der Waals surface area contributed by atoms with Gasteiger partial charge in [0.1, 0.15) is 23.7 Å². The number of nitro groups is 1. The first kappa shape index (κ1) is 19.7. The Kier molecular flexibility index (Phi) is 5.26. The Balaban J connectivity index is 1.68. The van der Waals surface area contributed by atoms with Crippen LogP contribution in [-0.2, 0) is 6.61 Å². The molecule has 0 amide bonds. The number of anilines is 1. The highest BCUT2D eigenvalue weighted by Gasteiger charge is 2.44. The summed E-state index contributed by atoms with van der Waals surface area (Å²) in [5.74, 6) is 0.629. The van der Waals surface area contributed by atoms with Gasteiger partial charge in [-0.2, -0.15) is 4.99 Å².